The molecule has 0 aliphatic heterocycles. The van der Waals surface area contributed by atoms with Crippen LogP contribution in [0.1, 0.15) is 45.9 Å². The number of halogens is 1. The predicted molar refractivity (Wildman–Crippen MR) is 74.3 cm³/mol. The van der Waals surface area contributed by atoms with E-state index in [2.05, 4.69) is 39.9 Å². The second kappa shape index (κ2) is 5.07. The molecule has 1 heterocycles. The van der Waals surface area contributed by atoms with Crippen LogP contribution in [0.2, 0.25) is 5.02 Å². The maximum absolute atomic E-state index is 5.90. The molecule has 1 N–H and O–H groups in total. The van der Waals surface area contributed by atoms with Crippen LogP contribution in [-0.4, -0.2) is 5.54 Å². The van der Waals surface area contributed by atoms with Crippen molar-refractivity contribution in [1.29, 1.82) is 0 Å². The standard InChI is InChI=1S/C13H22ClNS/c1-12(2,3)9-13(4,5)15-7-11-6-10(14)8-16-11/h6,8,15H,7,9H2,1-5H3. The maximum atomic E-state index is 5.90. The first-order valence-corrected chi connectivity index (χ1v) is 6.92. The van der Waals surface area contributed by atoms with Gasteiger partial charge in [0.2, 0.25) is 0 Å². The molecule has 92 valence electrons. The molecule has 1 aromatic rings. The lowest BCUT2D eigenvalue weighted by molar-refractivity contribution is 0.241. The van der Waals surface area contributed by atoms with Gasteiger partial charge in [-0.15, -0.1) is 11.3 Å². The average molecular weight is 260 g/mol. The lowest BCUT2D eigenvalue weighted by Crippen LogP contribution is -2.41. The number of rotatable bonds is 4. The first kappa shape index (κ1) is 14.0. The highest BCUT2D eigenvalue weighted by molar-refractivity contribution is 7.10. The Kier molecular flexibility index (Phi) is 4.44. The molecular weight excluding hydrogens is 238 g/mol. The van der Waals surface area contributed by atoms with Crippen molar-refractivity contribution in [3.05, 3.63) is 21.3 Å². The molecule has 1 aromatic heterocycles. The van der Waals surface area contributed by atoms with Gasteiger partial charge in [-0.2, -0.15) is 0 Å². The van der Waals surface area contributed by atoms with Crippen molar-refractivity contribution in [1.82, 2.24) is 5.32 Å². The van der Waals surface area contributed by atoms with E-state index >= 15 is 0 Å². The summed E-state index contributed by atoms with van der Waals surface area (Å²) in [6, 6.07) is 2.03. The van der Waals surface area contributed by atoms with E-state index in [1.165, 1.54) is 4.88 Å². The summed E-state index contributed by atoms with van der Waals surface area (Å²) in [6.07, 6.45) is 1.15. The highest BCUT2D eigenvalue weighted by atomic mass is 35.5. The molecule has 3 heteroatoms. The Labute approximate surface area is 108 Å². The second-order valence-corrected chi connectivity index (χ2v) is 7.64. The van der Waals surface area contributed by atoms with Gasteiger partial charge in [0.05, 0.1) is 5.02 Å². The molecule has 16 heavy (non-hydrogen) atoms. The summed E-state index contributed by atoms with van der Waals surface area (Å²) in [7, 11) is 0. The summed E-state index contributed by atoms with van der Waals surface area (Å²) in [6.45, 7) is 12.2. The first-order chi connectivity index (χ1) is 7.18. The molecule has 0 aromatic carbocycles. The van der Waals surface area contributed by atoms with Crippen molar-refractivity contribution in [3.63, 3.8) is 0 Å². The molecule has 1 nitrogen and oxygen atoms in total. The number of hydrogen-bond donors (Lipinski definition) is 1. The van der Waals surface area contributed by atoms with Crippen molar-refractivity contribution in [3.8, 4) is 0 Å². The van der Waals surface area contributed by atoms with Crippen molar-refractivity contribution in [2.75, 3.05) is 0 Å². The monoisotopic (exact) mass is 259 g/mol. The van der Waals surface area contributed by atoms with E-state index in [9.17, 15) is 0 Å². The van der Waals surface area contributed by atoms with E-state index in [1.54, 1.807) is 11.3 Å². The van der Waals surface area contributed by atoms with E-state index in [0.29, 0.717) is 5.41 Å². The summed E-state index contributed by atoms with van der Waals surface area (Å²) in [5, 5.41) is 6.42. The van der Waals surface area contributed by atoms with Crippen molar-refractivity contribution in [2.45, 2.75) is 53.1 Å². The highest BCUT2D eigenvalue weighted by Gasteiger charge is 2.24. The normalized spacial score (nSPS) is 13.1. The molecule has 0 saturated heterocycles. The molecule has 0 aliphatic carbocycles. The van der Waals surface area contributed by atoms with Crippen LogP contribution in [0.5, 0.6) is 0 Å². The summed E-state index contributed by atoms with van der Waals surface area (Å²) in [5.74, 6) is 0. The molecule has 0 spiro atoms. The Balaban J connectivity index is 2.47. The second-order valence-electron chi connectivity index (χ2n) is 6.21. The lowest BCUT2D eigenvalue weighted by atomic mass is 9.82. The minimum atomic E-state index is 0.161. The van der Waals surface area contributed by atoms with Crippen LogP contribution in [0.25, 0.3) is 0 Å². The van der Waals surface area contributed by atoms with Gasteiger partial charge in [-0.1, -0.05) is 32.4 Å². The third-order valence-electron chi connectivity index (χ3n) is 2.34. The van der Waals surface area contributed by atoms with Gasteiger partial charge in [0, 0.05) is 22.3 Å². The van der Waals surface area contributed by atoms with Gasteiger partial charge in [-0.05, 0) is 31.7 Å². The molecule has 0 amide bonds. The summed E-state index contributed by atoms with van der Waals surface area (Å²) in [5.41, 5.74) is 0.512. The van der Waals surface area contributed by atoms with Crippen molar-refractivity contribution < 1.29 is 0 Å². The van der Waals surface area contributed by atoms with E-state index in [1.807, 2.05) is 11.4 Å². The molecule has 1 rings (SSSR count). The van der Waals surface area contributed by atoms with Crippen molar-refractivity contribution in [2.24, 2.45) is 5.41 Å². The van der Waals surface area contributed by atoms with Crippen LogP contribution >= 0.6 is 22.9 Å². The molecule has 0 saturated carbocycles. The van der Waals surface area contributed by atoms with Crippen LogP contribution < -0.4 is 5.32 Å². The number of hydrogen-bond acceptors (Lipinski definition) is 2. The smallest absolute Gasteiger partial charge is 0.0516 e. The fraction of sp³-hybridized carbons (Fsp3) is 0.692. The molecule has 0 unspecified atom stereocenters. The fourth-order valence-electron chi connectivity index (χ4n) is 2.16. The van der Waals surface area contributed by atoms with Crippen LogP contribution in [-0.2, 0) is 6.54 Å². The van der Waals surface area contributed by atoms with Crippen LogP contribution in [0.3, 0.4) is 0 Å². The summed E-state index contributed by atoms with van der Waals surface area (Å²) >= 11 is 7.61. The molecule has 0 radical (unpaired) electrons. The maximum Gasteiger partial charge on any atom is 0.0516 e. The molecule has 0 aliphatic rings. The number of thiophene rings is 1. The molecule has 0 bridgehead atoms. The third-order valence-corrected chi connectivity index (χ3v) is 3.62. The zero-order valence-electron chi connectivity index (χ0n) is 10.9. The SMILES string of the molecule is CC(C)(C)CC(C)(C)NCc1cc(Cl)cs1. The lowest BCUT2D eigenvalue weighted by Gasteiger charge is -2.33. The quantitative estimate of drug-likeness (QED) is 0.826. The minimum absolute atomic E-state index is 0.161. The molecule has 0 atom stereocenters. The largest absolute Gasteiger partial charge is 0.307 e. The Morgan fingerprint density at radius 3 is 2.31 bits per heavy atom. The Morgan fingerprint density at radius 2 is 1.88 bits per heavy atom. The Morgan fingerprint density at radius 1 is 1.25 bits per heavy atom. The van der Waals surface area contributed by atoms with Gasteiger partial charge >= 0.3 is 0 Å². The zero-order chi connectivity index (χ0) is 12.4. The highest BCUT2D eigenvalue weighted by Crippen LogP contribution is 2.27. The molecule has 0 fully saturated rings. The van der Waals surface area contributed by atoms with Crippen LogP contribution in [0, 0.1) is 5.41 Å². The Bertz CT molecular complexity index is 336. The van der Waals surface area contributed by atoms with E-state index < -0.39 is 0 Å². The van der Waals surface area contributed by atoms with Crippen LogP contribution in [0.15, 0.2) is 11.4 Å². The molecular formula is C13H22ClNS. The fourth-order valence-corrected chi connectivity index (χ4v) is 3.17. The van der Waals surface area contributed by atoms with Gasteiger partial charge in [-0.25, -0.2) is 0 Å². The average Bonchev–Trinajstić information content (AvgIpc) is 2.44. The predicted octanol–water partition coefficient (Wildman–Crippen LogP) is 4.71. The van der Waals surface area contributed by atoms with Gasteiger partial charge in [0.15, 0.2) is 0 Å². The number of nitrogens with one attached hydrogen (secondary N) is 1. The van der Waals surface area contributed by atoms with E-state index in [-0.39, 0.29) is 5.54 Å². The summed E-state index contributed by atoms with van der Waals surface area (Å²) in [4.78, 5) is 1.30. The zero-order valence-corrected chi connectivity index (χ0v) is 12.4. The first-order valence-electron chi connectivity index (χ1n) is 5.66. The van der Waals surface area contributed by atoms with Crippen LogP contribution in [0.4, 0.5) is 0 Å². The van der Waals surface area contributed by atoms with Gasteiger partial charge in [0.25, 0.3) is 0 Å². The van der Waals surface area contributed by atoms with Gasteiger partial charge in [-0.3, -0.25) is 0 Å². The van der Waals surface area contributed by atoms with Gasteiger partial charge < -0.3 is 5.32 Å². The van der Waals surface area contributed by atoms with Crippen molar-refractivity contribution >= 4 is 22.9 Å². The third kappa shape index (κ3) is 5.33. The Hall–Kier alpha value is -0.0500. The van der Waals surface area contributed by atoms with E-state index in [4.69, 9.17) is 11.6 Å². The summed E-state index contributed by atoms with van der Waals surface area (Å²) < 4.78 is 0. The topological polar surface area (TPSA) is 12.0 Å². The van der Waals surface area contributed by atoms with Gasteiger partial charge in [0.1, 0.15) is 0 Å². The van der Waals surface area contributed by atoms with E-state index in [0.717, 1.165) is 18.0 Å². The minimum Gasteiger partial charge on any atom is -0.307 e.